The summed E-state index contributed by atoms with van der Waals surface area (Å²) in [6, 6.07) is 6.31. The second-order valence-corrected chi connectivity index (χ2v) is 6.28. The smallest absolute Gasteiger partial charge is 0.414 e. The number of carbonyl (C=O) groups is 2. The quantitative estimate of drug-likeness (QED) is 0.641. The molecule has 0 bridgehead atoms. The molecule has 1 N–H and O–H groups in total. The van der Waals surface area contributed by atoms with Crippen LogP contribution >= 0.6 is 12.4 Å². The normalized spacial score (nSPS) is 14.3. The molecule has 1 aliphatic heterocycles. The van der Waals surface area contributed by atoms with Gasteiger partial charge in [-0.2, -0.15) is 0 Å². The lowest BCUT2D eigenvalue weighted by Gasteiger charge is -2.27. The van der Waals surface area contributed by atoms with E-state index in [2.05, 4.69) is 11.8 Å². The Morgan fingerprint density at radius 3 is 2.44 bits per heavy atom. The number of halogens is 1. The summed E-state index contributed by atoms with van der Waals surface area (Å²) in [5.74, 6) is -0.984. The van der Waals surface area contributed by atoms with Crippen molar-refractivity contribution in [3.05, 3.63) is 29.8 Å². The first-order chi connectivity index (χ1) is 12.6. The molecule has 0 atom stereocenters. The van der Waals surface area contributed by atoms with E-state index in [9.17, 15) is 9.59 Å². The first kappa shape index (κ1) is 23.2. The van der Waals surface area contributed by atoms with Crippen molar-refractivity contribution in [2.75, 3.05) is 50.9 Å². The van der Waals surface area contributed by atoms with E-state index in [0.717, 1.165) is 32.4 Å². The Morgan fingerprint density at radius 2 is 1.85 bits per heavy atom. The molecule has 1 aromatic rings. The average molecular weight is 401 g/mol. The van der Waals surface area contributed by atoms with E-state index in [1.165, 1.54) is 12.1 Å². The fourth-order valence-electron chi connectivity index (χ4n) is 2.79. The van der Waals surface area contributed by atoms with Gasteiger partial charge in [-0.25, -0.2) is 9.59 Å². The number of benzene rings is 1. The van der Waals surface area contributed by atoms with Gasteiger partial charge in [-0.15, -0.1) is 12.4 Å². The summed E-state index contributed by atoms with van der Waals surface area (Å²) in [4.78, 5) is 27.3. The molecule has 2 rings (SSSR count). The summed E-state index contributed by atoms with van der Waals surface area (Å²) in [5, 5.41) is 9.02. The van der Waals surface area contributed by atoms with Crippen LogP contribution in [0.1, 0.15) is 36.5 Å². The highest BCUT2D eigenvalue weighted by atomic mass is 35.5. The highest BCUT2D eigenvalue weighted by molar-refractivity contribution is 5.90. The van der Waals surface area contributed by atoms with Gasteiger partial charge in [-0.3, -0.25) is 9.80 Å². The van der Waals surface area contributed by atoms with E-state index in [-0.39, 0.29) is 18.0 Å². The number of rotatable bonds is 9. The molecule has 0 saturated carbocycles. The molecule has 1 amide bonds. The van der Waals surface area contributed by atoms with Gasteiger partial charge in [-0.1, -0.05) is 19.8 Å². The highest BCUT2D eigenvalue weighted by Crippen LogP contribution is 2.18. The Kier molecular flexibility index (Phi) is 10.8. The maximum absolute atomic E-state index is 12.5. The zero-order valence-electron chi connectivity index (χ0n) is 15.8. The van der Waals surface area contributed by atoms with Crippen molar-refractivity contribution in [3.63, 3.8) is 0 Å². The van der Waals surface area contributed by atoms with Crippen molar-refractivity contribution in [1.82, 2.24) is 4.90 Å². The Labute approximate surface area is 166 Å². The predicted octanol–water partition coefficient (Wildman–Crippen LogP) is 3.27. The molecule has 8 heteroatoms. The topological polar surface area (TPSA) is 79.3 Å². The van der Waals surface area contributed by atoms with Crippen molar-refractivity contribution in [2.45, 2.75) is 26.2 Å². The lowest BCUT2D eigenvalue weighted by molar-refractivity contribution is 0.0286. The third kappa shape index (κ3) is 7.74. The number of morpholine rings is 1. The van der Waals surface area contributed by atoms with Gasteiger partial charge in [0.15, 0.2) is 0 Å². The van der Waals surface area contributed by atoms with Crippen LogP contribution in [0.15, 0.2) is 24.3 Å². The van der Waals surface area contributed by atoms with Crippen molar-refractivity contribution in [3.8, 4) is 0 Å². The Hall–Kier alpha value is -1.83. The zero-order valence-corrected chi connectivity index (χ0v) is 16.6. The number of nitrogens with zero attached hydrogens (tertiary/aromatic N) is 2. The van der Waals surface area contributed by atoms with Crippen LogP contribution < -0.4 is 4.90 Å². The summed E-state index contributed by atoms with van der Waals surface area (Å²) < 4.78 is 10.8. The number of amides is 1. The highest BCUT2D eigenvalue weighted by Gasteiger charge is 2.18. The fourth-order valence-corrected chi connectivity index (χ4v) is 2.79. The molecule has 0 radical (unpaired) electrons. The molecule has 1 saturated heterocycles. The van der Waals surface area contributed by atoms with Crippen LogP contribution in [-0.2, 0) is 9.47 Å². The molecule has 7 nitrogen and oxygen atoms in total. The third-order valence-corrected chi connectivity index (χ3v) is 4.37. The predicted molar refractivity (Wildman–Crippen MR) is 106 cm³/mol. The van der Waals surface area contributed by atoms with Gasteiger partial charge in [0, 0.05) is 31.9 Å². The number of carboxylic acid groups (broad SMARTS) is 1. The lowest BCUT2D eigenvalue weighted by atomic mass is 10.2. The largest absolute Gasteiger partial charge is 0.478 e. The van der Waals surface area contributed by atoms with Gasteiger partial charge in [0.05, 0.1) is 18.8 Å². The number of unbranched alkanes of at least 4 members (excludes halogenated alkanes) is 2. The van der Waals surface area contributed by atoms with Gasteiger partial charge in [0.1, 0.15) is 6.61 Å². The van der Waals surface area contributed by atoms with Crippen LogP contribution in [-0.4, -0.2) is 68.1 Å². The van der Waals surface area contributed by atoms with Crippen LogP contribution in [0.5, 0.6) is 0 Å². The Bertz CT molecular complexity index is 576. The standard InChI is InChI=1S/C19H28N2O5.ClH/c1-2-3-4-9-21(17-7-5-16(6-8-17)18(22)23)19(24)26-15-12-20-10-13-25-14-11-20;/h5-8H,2-4,9-15H2,1H3,(H,22,23);1H. The minimum Gasteiger partial charge on any atom is -0.478 e. The average Bonchev–Trinajstić information content (AvgIpc) is 2.66. The van der Waals surface area contributed by atoms with Gasteiger partial charge in [0.25, 0.3) is 0 Å². The van der Waals surface area contributed by atoms with Gasteiger partial charge >= 0.3 is 12.1 Å². The summed E-state index contributed by atoms with van der Waals surface area (Å²) in [6.07, 6.45) is 2.55. The summed E-state index contributed by atoms with van der Waals surface area (Å²) in [5.41, 5.74) is 0.852. The maximum atomic E-state index is 12.5. The lowest BCUT2D eigenvalue weighted by Crippen LogP contribution is -2.40. The number of carboxylic acids is 1. The van der Waals surface area contributed by atoms with Crippen LogP contribution in [0.2, 0.25) is 0 Å². The number of hydrogen-bond donors (Lipinski definition) is 1. The second kappa shape index (κ2) is 12.5. The SMILES string of the molecule is CCCCCN(C(=O)OCCN1CCOCC1)c1ccc(C(=O)O)cc1.Cl. The number of ether oxygens (including phenoxy) is 2. The van der Waals surface area contributed by atoms with E-state index < -0.39 is 12.1 Å². The van der Waals surface area contributed by atoms with Crippen molar-refractivity contribution < 1.29 is 24.2 Å². The van der Waals surface area contributed by atoms with Crippen LogP contribution in [0.3, 0.4) is 0 Å². The summed E-state index contributed by atoms with van der Waals surface area (Å²) >= 11 is 0. The molecule has 0 aromatic heterocycles. The number of hydrogen-bond acceptors (Lipinski definition) is 5. The van der Waals surface area contributed by atoms with Gasteiger partial charge in [0.2, 0.25) is 0 Å². The summed E-state index contributed by atoms with van der Waals surface area (Å²) in [7, 11) is 0. The minimum atomic E-state index is -0.984. The zero-order chi connectivity index (χ0) is 18.8. The van der Waals surface area contributed by atoms with E-state index >= 15 is 0 Å². The second-order valence-electron chi connectivity index (χ2n) is 6.28. The van der Waals surface area contributed by atoms with E-state index in [1.54, 1.807) is 17.0 Å². The molecule has 152 valence electrons. The summed E-state index contributed by atoms with van der Waals surface area (Å²) in [6.45, 7) is 6.82. The van der Waals surface area contributed by atoms with Crippen molar-refractivity contribution in [1.29, 1.82) is 0 Å². The molecule has 0 unspecified atom stereocenters. The molecular weight excluding hydrogens is 372 g/mol. The molecule has 1 fully saturated rings. The molecule has 1 heterocycles. The number of anilines is 1. The van der Waals surface area contributed by atoms with Crippen molar-refractivity contribution >= 4 is 30.2 Å². The van der Waals surface area contributed by atoms with E-state index in [1.807, 2.05) is 0 Å². The van der Waals surface area contributed by atoms with Crippen LogP contribution in [0.4, 0.5) is 10.5 Å². The molecule has 1 aliphatic rings. The molecule has 27 heavy (non-hydrogen) atoms. The molecule has 1 aromatic carbocycles. The first-order valence-electron chi connectivity index (χ1n) is 9.19. The first-order valence-corrected chi connectivity index (χ1v) is 9.19. The fraction of sp³-hybridized carbons (Fsp3) is 0.579. The third-order valence-electron chi connectivity index (χ3n) is 4.37. The van der Waals surface area contributed by atoms with Crippen LogP contribution in [0, 0.1) is 0 Å². The monoisotopic (exact) mass is 400 g/mol. The Balaban J connectivity index is 0.00000364. The molecule has 0 spiro atoms. The molecule has 0 aliphatic carbocycles. The Morgan fingerprint density at radius 1 is 1.19 bits per heavy atom. The molecular formula is C19H29ClN2O5. The van der Waals surface area contributed by atoms with E-state index in [4.69, 9.17) is 14.6 Å². The van der Waals surface area contributed by atoms with Gasteiger partial charge in [-0.05, 0) is 30.7 Å². The van der Waals surface area contributed by atoms with Gasteiger partial charge < -0.3 is 14.6 Å². The van der Waals surface area contributed by atoms with Crippen molar-refractivity contribution in [2.24, 2.45) is 0 Å². The maximum Gasteiger partial charge on any atom is 0.414 e. The number of aromatic carboxylic acids is 1. The minimum absolute atomic E-state index is 0. The van der Waals surface area contributed by atoms with E-state index in [0.29, 0.717) is 38.6 Å². The van der Waals surface area contributed by atoms with Crippen LogP contribution in [0.25, 0.3) is 0 Å². The number of carbonyl (C=O) groups excluding carboxylic acids is 1.